The lowest BCUT2D eigenvalue weighted by Crippen LogP contribution is -2.32. The van der Waals surface area contributed by atoms with Crippen LogP contribution in [0, 0.1) is 5.41 Å². The van der Waals surface area contributed by atoms with E-state index in [0.717, 1.165) is 13.0 Å². The average molecular weight is 319 g/mol. The molecule has 1 fully saturated rings. The standard InChI is InChI=1S/C21H38N2/c1-6-12-19(21(3,4)5)18-20(13-7-2)22-14-11-17-23-15-9-8-10-16-23/h6,12-13,18,22H,7-11,14-17H2,1-5H3/b12-6-,19-18+,20-13-. The van der Waals surface area contributed by atoms with Gasteiger partial charge in [0, 0.05) is 12.2 Å². The Labute approximate surface area is 144 Å². The lowest BCUT2D eigenvalue weighted by atomic mass is 9.85. The number of hydrogen-bond acceptors (Lipinski definition) is 2. The Morgan fingerprint density at radius 3 is 2.39 bits per heavy atom. The summed E-state index contributed by atoms with van der Waals surface area (Å²) in [6, 6.07) is 0. The Morgan fingerprint density at radius 2 is 1.83 bits per heavy atom. The predicted molar refractivity (Wildman–Crippen MR) is 104 cm³/mol. The summed E-state index contributed by atoms with van der Waals surface area (Å²) in [4.78, 5) is 2.62. The van der Waals surface area contributed by atoms with Crippen molar-refractivity contribution in [1.29, 1.82) is 0 Å². The molecule has 0 saturated carbocycles. The van der Waals surface area contributed by atoms with Crippen molar-refractivity contribution in [1.82, 2.24) is 10.2 Å². The van der Waals surface area contributed by atoms with E-state index in [9.17, 15) is 0 Å². The zero-order chi connectivity index (χ0) is 17.1. The highest BCUT2D eigenvalue weighted by atomic mass is 15.1. The van der Waals surface area contributed by atoms with Crippen molar-refractivity contribution in [3.05, 3.63) is 35.6 Å². The molecule has 0 aromatic heterocycles. The van der Waals surface area contributed by atoms with Crippen molar-refractivity contribution in [2.45, 2.75) is 66.7 Å². The summed E-state index contributed by atoms with van der Waals surface area (Å²) in [5.74, 6) is 0. The first-order valence-corrected chi connectivity index (χ1v) is 9.48. The summed E-state index contributed by atoms with van der Waals surface area (Å²) in [5.41, 5.74) is 2.83. The number of nitrogens with one attached hydrogen (secondary N) is 1. The lowest BCUT2D eigenvalue weighted by molar-refractivity contribution is 0.226. The van der Waals surface area contributed by atoms with Crippen LogP contribution >= 0.6 is 0 Å². The summed E-state index contributed by atoms with van der Waals surface area (Å²) in [6.45, 7) is 16.0. The van der Waals surface area contributed by atoms with Crippen molar-refractivity contribution < 1.29 is 0 Å². The highest BCUT2D eigenvalue weighted by molar-refractivity contribution is 5.33. The highest BCUT2D eigenvalue weighted by Gasteiger charge is 2.14. The Kier molecular flexibility index (Phi) is 9.31. The molecule has 0 radical (unpaired) electrons. The predicted octanol–water partition coefficient (Wildman–Crippen LogP) is 5.29. The number of hydrogen-bond donors (Lipinski definition) is 1. The summed E-state index contributed by atoms with van der Waals surface area (Å²) in [5, 5.41) is 3.65. The van der Waals surface area contributed by atoms with E-state index in [0.29, 0.717) is 0 Å². The SMILES string of the molecule is C\C=C/C(=C\C(=C\CC)NCCCN1CCCCC1)C(C)(C)C. The zero-order valence-corrected chi connectivity index (χ0v) is 16.1. The molecule has 0 bridgehead atoms. The van der Waals surface area contributed by atoms with Crippen LogP contribution in [-0.4, -0.2) is 31.1 Å². The van der Waals surface area contributed by atoms with Gasteiger partial charge in [-0.05, 0) is 69.3 Å². The second-order valence-electron chi connectivity index (χ2n) is 7.60. The molecule has 0 aromatic rings. The van der Waals surface area contributed by atoms with E-state index in [1.807, 2.05) is 0 Å². The Bertz CT molecular complexity index is 404. The Balaban J connectivity index is 2.52. The largest absolute Gasteiger partial charge is 0.385 e. The van der Waals surface area contributed by atoms with Gasteiger partial charge in [0.25, 0.3) is 0 Å². The molecule has 1 aliphatic heterocycles. The number of likely N-dealkylation sites (tertiary alicyclic amines) is 1. The summed E-state index contributed by atoms with van der Waals surface area (Å²) < 4.78 is 0. The smallest absolute Gasteiger partial charge is 0.0302 e. The maximum atomic E-state index is 3.65. The molecule has 2 heteroatoms. The van der Waals surface area contributed by atoms with Crippen LogP contribution in [0.25, 0.3) is 0 Å². The Hall–Kier alpha value is -1.02. The minimum Gasteiger partial charge on any atom is -0.385 e. The van der Waals surface area contributed by atoms with Crippen LogP contribution in [0.5, 0.6) is 0 Å². The van der Waals surface area contributed by atoms with Gasteiger partial charge in [-0.1, -0.05) is 52.3 Å². The molecule has 1 saturated heterocycles. The van der Waals surface area contributed by atoms with Crippen molar-refractivity contribution >= 4 is 0 Å². The van der Waals surface area contributed by atoms with Gasteiger partial charge in [-0.25, -0.2) is 0 Å². The zero-order valence-electron chi connectivity index (χ0n) is 16.1. The van der Waals surface area contributed by atoms with Crippen LogP contribution in [0.15, 0.2) is 35.6 Å². The van der Waals surface area contributed by atoms with Gasteiger partial charge < -0.3 is 10.2 Å². The van der Waals surface area contributed by atoms with Crippen LogP contribution < -0.4 is 5.32 Å². The van der Waals surface area contributed by atoms with E-state index >= 15 is 0 Å². The van der Waals surface area contributed by atoms with Gasteiger partial charge in [0.1, 0.15) is 0 Å². The minimum atomic E-state index is 0.175. The average Bonchev–Trinajstić information content (AvgIpc) is 2.51. The van der Waals surface area contributed by atoms with Gasteiger partial charge in [-0.3, -0.25) is 0 Å². The van der Waals surface area contributed by atoms with Gasteiger partial charge in [0.05, 0.1) is 0 Å². The van der Waals surface area contributed by atoms with E-state index in [1.165, 1.54) is 56.6 Å². The van der Waals surface area contributed by atoms with Crippen molar-refractivity contribution in [2.75, 3.05) is 26.2 Å². The normalized spacial score (nSPS) is 18.7. The molecule has 0 unspecified atom stereocenters. The van der Waals surface area contributed by atoms with Crippen LogP contribution in [-0.2, 0) is 0 Å². The van der Waals surface area contributed by atoms with Crippen LogP contribution in [0.2, 0.25) is 0 Å². The first-order chi connectivity index (χ1) is 11.0. The maximum Gasteiger partial charge on any atom is 0.0302 e. The summed E-state index contributed by atoms with van der Waals surface area (Å²) >= 11 is 0. The number of nitrogens with zero attached hydrogens (tertiary/aromatic N) is 1. The van der Waals surface area contributed by atoms with E-state index in [4.69, 9.17) is 0 Å². The second kappa shape index (κ2) is 10.7. The number of piperidine rings is 1. The minimum absolute atomic E-state index is 0.175. The molecule has 23 heavy (non-hydrogen) atoms. The first-order valence-electron chi connectivity index (χ1n) is 9.48. The van der Waals surface area contributed by atoms with Crippen molar-refractivity contribution in [2.24, 2.45) is 5.41 Å². The van der Waals surface area contributed by atoms with Crippen LogP contribution in [0.4, 0.5) is 0 Å². The van der Waals surface area contributed by atoms with Gasteiger partial charge in [0.15, 0.2) is 0 Å². The topological polar surface area (TPSA) is 15.3 Å². The molecule has 0 atom stereocenters. The third-order valence-corrected chi connectivity index (χ3v) is 4.38. The third-order valence-electron chi connectivity index (χ3n) is 4.38. The highest BCUT2D eigenvalue weighted by Crippen LogP contribution is 2.27. The fourth-order valence-corrected chi connectivity index (χ4v) is 2.98. The first kappa shape index (κ1) is 20.0. The number of allylic oxidation sites excluding steroid dienone is 5. The van der Waals surface area contributed by atoms with Crippen LogP contribution in [0.3, 0.4) is 0 Å². The molecular weight excluding hydrogens is 280 g/mol. The second-order valence-corrected chi connectivity index (χ2v) is 7.60. The van der Waals surface area contributed by atoms with Crippen molar-refractivity contribution in [3.63, 3.8) is 0 Å². The van der Waals surface area contributed by atoms with Crippen molar-refractivity contribution in [3.8, 4) is 0 Å². The van der Waals surface area contributed by atoms with E-state index < -0.39 is 0 Å². The quantitative estimate of drug-likeness (QED) is 0.483. The van der Waals surface area contributed by atoms with Gasteiger partial charge >= 0.3 is 0 Å². The summed E-state index contributed by atoms with van der Waals surface area (Å²) in [7, 11) is 0. The van der Waals surface area contributed by atoms with Gasteiger partial charge in [0.2, 0.25) is 0 Å². The molecule has 2 nitrogen and oxygen atoms in total. The molecule has 1 heterocycles. The molecule has 1 aliphatic rings. The molecule has 1 rings (SSSR count). The monoisotopic (exact) mass is 318 g/mol. The van der Waals surface area contributed by atoms with E-state index in [-0.39, 0.29) is 5.41 Å². The number of rotatable bonds is 8. The third kappa shape index (κ3) is 8.41. The fourth-order valence-electron chi connectivity index (χ4n) is 2.98. The van der Waals surface area contributed by atoms with Crippen LogP contribution in [0.1, 0.15) is 66.7 Å². The molecule has 0 aromatic carbocycles. The molecule has 132 valence electrons. The summed E-state index contributed by atoms with van der Waals surface area (Å²) in [6.07, 6.45) is 15.5. The molecule has 0 amide bonds. The van der Waals surface area contributed by atoms with E-state index in [2.05, 4.69) is 69.1 Å². The maximum absolute atomic E-state index is 3.65. The Morgan fingerprint density at radius 1 is 1.13 bits per heavy atom. The molecule has 0 spiro atoms. The molecular formula is C21H38N2. The van der Waals surface area contributed by atoms with Gasteiger partial charge in [-0.15, -0.1) is 0 Å². The fraction of sp³-hybridized carbons (Fsp3) is 0.714. The lowest BCUT2D eigenvalue weighted by Gasteiger charge is -2.26. The molecule has 1 N–H and O–H groups in total. The van der Waals surface area contributed by atoms with E-state index in [1.54, 1.807) is 0 Å². The molecule has 0 aliphatic carbocycles. The van der Waals surface area contributed by atoms with Gasteiger partial charge in [-0.2, -0.15) is 0 Å².